The van der Waals surface area contributed by atoms with Crippen LogP contribution in [-0.4, -0.2) is 19.0 Å². The second-order valence-electron chi connectivity index (χ2n) is 7.30. The molecule has 0 spiro atoms. The van der Waals surface area contributed by atoms with Crippen molar-refractivity contribution in [2.45, 2.75) is 66.2 Å². The molecule has 19 heavy (non-hydrogen) atoms. The molecule has 0 heterocycles. The van der Waals surface area contributed by atoms with E-state index in [1.54, 1.807) is 0 Å². The second kappa shape index (κ2) is 6.74. The van der Waals surface area contributed by atoms with E-state index in [-0.39, 0.29) is 16.7 Å². The zero-order valence-corrected chi connectivity index (χ0v) is 13.2. The van der Waals surface area contributed by atoms with Gasteiger partial charge in [-0.05, 0) is 30.6 Å². The maximum atomic E-state index is 12.3. The average molecular weight is 268 g/mol. The van der Waals surface area contributed by atoms with E-state index in [1.165, 1.54) is 25.7 Å². The predicted octanol–water partition coefficient (Wildman–Crippen LogP) is 3.08. The Kier molecular flexibility index (Phi) is 5.84. The third-order valence-corrected chi connectivity index (χ3v) is 4.54. The number of nitrogens with one attached hydrogen (secondary N) is 1. The fourth-order valence-corrected chi connectivity index (χ4v) is 3.17. The van der Waals surface area contributed by atoms with Gasteiger partial charge in [-0.15, -0.1) is 0 Å². The van der Waals surface area contributed by atoms with E-state index in [2.05, 4.69) is 33.0 Å². The fourth-order valence-electron chi connectivity index (χ4n) is 3.17. The lowest BCUT2D eigenvalue weighted by Crippen LogP contribution is -2.54. The van der Waals surface area contributed by atoms with Crippen molar-refractivity contribution < 1.29 is 4.79 Å². The van der Waals surface area contributed by atoms with Gasteiger partial charge in [0.25, 0.3) is 0 Å². The number of hydrogen-bond donors (Lipinski definition) is 2. The van der Waals surface area contributed by atoms with Gasteiger partial charge in [0.1, 0.15) is 0 Å². The summed E-state index contributed by atoms with van der Waals surface area (Å²) in [6, 6.07) is 0. The smallest absolute Gasteiger partial charge is 0.227 e. The first-order valence-electron chi connectivity index (χ1n) is 7.83. The van der Waals surface area contributed by atoms with Gasteiger partial charge in [0, 0.05) is 13.1 Å². The summed E-state index contributed by atoms with van der Waals surface area (Å²) >= 11 is 0. The summed E-state index contributed by atoms with van der Waals surface area (Å²) in [5.41, 5.74) is 5.73. The third kappa shape index (κ3) is 4.48. The number of rotatable bonds is 8. The molecule has 3 N–H and O–H groups in total. The maximum Gasteiger partial charge on any atom is 0.227 e. The summed E-state index contributed by atoms with van der Waals surface area (Å²) in [7, 11) is 0. The quantitative estimate of drug-likeness (QED) is 0.665. The lowest BCUT2D eigenvalue weighted by molar-refractivity contribution is -0.138. The van der Waals surface area contributed by atoms with Gasteiger partial charge in [-0.3, -0.25) is 4.79 Å². The van der Waals surface area contributed by atoms with E-state index in [4.69, 9.17) is 5.73 Å². The van der Waals surface area contributed by atoms with Crippen LogP contribution in [0.2, 0.25) is 0 Å². The summed E-state index contributed by atoms with van der Waals surface area (Å²) < 4.78 is 0. The van der Waals surface area contributed by atoms with Gasteiger partial charge in [-0.25, -0.2) is 0 Å². The highest BCUT2D eigenvalue weighted by Gasteiger charge is 2.47. The van der Waals surface area contributed by atoms with Crippen LogP contribution in [-0.2, 0) is 4.79 Å². The molecule has 1 aliphatic rings. The molecule has 3 heteroatoms. The van der Waals surface area contributed by atoms with Crippen molar-refractivity contribution in [1.29, 1.82) is 0 Å². The molecule has 0 aromatic heterocycles. The number of carbonyl (C=O) groups is 1. The molecule has 0 unspecified atom stereocenters. The Morgan fingerprint density at radius 1 is 1.37 bits per heavy atom. The van der Waals surface area contributed by atoms with Gasteiger partial charge in [-0.1, -0.05) is 47.0 Å². The molecule has 1 saturated carbocycles. The van der Waals surface area contributed by atoms with Gasteiger partial charge in [0.05, 0.1) is 5.41 Å². The highest BCUT2D eigenvalue weighted by atomic mass is 16.2. The summed E-state index contributed by atoms with van der Waals surface area (Å²) in [4.78, 5) is 12.3. The molecule has 0 aliphatic heterocycles. The molecular formula is C16H32N2O. The normalized spacial score (nSPS) is 26.9. The van der Waals surface area contributed by atoms with Crippen molar-refractivity contribution >= 4 is 5.91 Å². The van der Waals surface area contributed by atoms with Crippen LogP contribution in [0.3, 0.4) is 0 Å². The molecule has 1 fully saturated rings. The predicted molar refractivity (Wildman–Crippen MR) is 80.8 cm³/mol. The number of amides is 1. The Morgan fingerprint density at radius 2 is 2.00 bits per heavy atom. The van der Waals surface area contributed by atoms with Gasteiger partial charge in [0.2, 0.25) is 5.91 Å². The maximum absolute atomic E-state index is 12.3. The molecule has 112 valence electrons. The monoisotopic (exact) mass is 268 g/mol. The highest BCUT2D eigenvalue weighted by Crippen LogP contribution is 2.44. The van der Waals surface area contributed by atoms with Crippen LogP contribution >= 0.6 is 0 Å². The molecule has 0 bridgehead atoms. The van der Waals surface area contributed by atoms with Crippen LogP contribution in [0, 0.1) is 16.7 Å². The standard InChI is InChI=1S/C16H32N2O/c1-5-6-7-8-15(3,4)12-18-14(19)16(11-17)9-13(2)10-16/h13H,5-12,17H2,1-4H3,(H,18,19). The van der Waals surface area contributed by atoms with Gasteiger partial charge < -0.3 is 11.1 Å². The van der Waals surface area contributed by atoms with Gasteiger partial charge >= 0.3 is 0 Å². The lowest BCUT2D eigenvalue weighted by Gasteiger charge is -2.44. The van der Waals surface area contributed by atoms with Crippen molar-refractivity contribution in [1.82, 2.24) is 5.32 Å². The number of nitrogens with two attached hydrogens (primary N) is 1. The molecule has 3 nitrogen and oxygen atoms in total. The third-order valence-electron chi connectivity index (χ3n) is 4.54. The molecule has 0 atom stereocenters. The van der Waals surface area contributed by atoms with E-state index < -0.39 is 0 Å². The Morgan fingerprint density at radius 3 is 2.47 bits per heavy atom. The first kappa shape index (κ1) is 16.5. The van der Waals surface area contributed by atoms with Crippen LogP contribution in [0.15, 0.2) is 0 Å². The van der Waals surface area contributed by atoms with E-state index in [0.29, 0.717) is 12.5 Å². The molecule has 1 aliphatic carbocycles. The van der Waals surface area contributed by atoms with Crippen molar-refractivity contribution in [3.63, 3.8) is 0 Å². The Balaban J connectivity index is 2.36. The van der Waals surface area contributed by atoms with Crippen LogP contribution in [0.25, 0.3) is 0 Å². The zero-order valence-electron chi connectivity index (χ0n) is 13.2. The van der Waals surface area contributed by atoms with Crippen molar-refractivity contribution in [3.8, 4) is 0 Å². The summed E-state index contributed by atoms with van der Waals surface area (Å²) in [6.45, 7) is 10.1. The number of hydrogen-bond acceptors (Lipinski definition) is 2. The highest BCUT2D eigenvalue weighted by molar-refractivity contribution is 5.84. The molecule has 0 aromatic rings. The lowest BCUT2D eigenvalue weighted by atomic mass is 9.62. The van der Waals surface area contributed by atoms with Crippen LogP contribution < -0.4 is 11.1 Å². The van der Waals surface area contributed by atoms with E-state index >= 15 is 0 Å². The molecule has 1 amide bonds. The Hall–Kier alpha value is -0.570. The first-order chi connectivity index (χ1) is 8.85. The SMILES string of the molecule is CCCCCC(C)(C)CNC(=O)C1(CN)CC(C)C1. The van der Waals surface area contributed by atoms with Crippen LogP contribution in [0.1, 0.15) is 66.2 Å². The fraction of sp³-hybridized carbons (Fsp3) is 0.938. The largest absolute Gasteiger partial charge is 0.355 e. The minimum Gasteiger partial charge on any atom is -0.355 e. The van der Waals surface area contributed by atoms with Crippen molar-refractivity contribution in [3.05, 3.63) is 0 Å². The van der Waals surface area contributed by atoms with E-state index in [1.807, 2.05) is 0 Å². The summed E-state index contributed by atoms with van der Waals surface area (Å²) in [6.07, 6.45) is 6.85. The molecule has 0 aromatic carbocycles. The molecule has 0 saturated heterocycles. The molecule has 0 radical (unpaired) electrons. The summed E-state index contributed by atoms with van der Waals surface area (Å²) in [5.74, 6) is 0.823. The van der Waals surface area contributed by atoms with E-state index in [9.17, 15) is 4.79 Å². The Bertz CT molecular complexity index is 293. The van der Waals surface area contributed by atoms with Crippen LogP contribution in [0.5, 0.6) is 0 Å². The topological polar surface area (TPSA) is 55.1 Å². The molecule has 1 rings (SSSR count). The molecular weight excluding hydrogens is 236 g/mol. The summed E-state index contributed by atoms with van der Waals surface area (Å²) in [5, 5.41) is 3.15. The number of unbranched alkanes of at least 4 members (excludes halogenated alkanes) is 2. The minimum absolute atomic E-state index is 0.177. The average Bonchev–Trinajstić information content (AvgIpc) is 2.32. The van der Waals surface area contributed by atoms with Crippen molar-refractivity contribution in [2.24, 2.45) is 22.5 Å². The number of carbonyl (C=O) groups excluding carboxylic acids is 1. The Labute approximate surface area is 118 Å². The van der Waals surface area contributed by atoms with Crippen LogP contribution in [0.4, 0.5) is 0 Å². The van der Waals surface area contributed by atoms with E-state index in [0.717, 1.165) is 19.4 Å². The van der Waals surface area contributed by atoms with Gasteiger partial charge in [-0.2, -0.15) is 0 Å². The van der Waals surface area contributed by atoms with Gasteiger partial charge in [0.15, 0.2) is 0 Å². The van der Waals surface area contributed by atoms with Crippen molar-refractivity contribution in [2.75, 3.05) is 13.1 Å². The second-order valence-corrected chi connectivity index (χ2v) is 7.30. The zero-order chi connectivity index (χ0) is 14.5. The minimum atomic E-state index is -0.265. The first-order valence-corrected chi connectivity index (χ1v) is 7.83.